The van der Waals surface area contributed by atoms with Gasteiger partial charge in [-0.05, 0) is 0 Å². The fraction of sp³-hybridized carbons (Fsp3) is 0.143. The van der Waals surface area contributed by atoms with E-state index < -0.39 is 10.5 Å². The zero-order valence-corrected chi connectivity index (χ0v) is 11.6. The second kappa shape index (κ2) is 4.82. The number of rotatable bonds is 0. The molecule has 6 heteroatoms. The zero-order chi connectivity index (χ0) is 14.3. The third-order valence-corrected chi connectivity index (χ3v) is 5.87. The van der Waals surface area contributed by atoms with Gasteiger partial charge >= 0.3 is 0 Å². The van der Waals surface area contributed by atoms with Gasteiger partial charge in [0.05, 0.1) is 21.9 Å². The number of nitrogens with zero attached hydrogens (tertiary/aromatic N) is 2. The summed E-state index contributed by atoms with van der Waals surface area (Å²) < 4.78 is 0. The second-order valence-corrected chi connectivity index (χ2v) is 6.50. The highest BCUT2D eigenvalue weighted by Crippen LogP contribution is 2.47. The first-order valence-electron chi connectivity index (χ1n) is 5.72. The molecule has 1 aliphatic heterocycles. The molecule has 0 N–H and O–H groups in total. The van der Waals surface area contributed by atoms with Gasteiger partial charge in [-0.3, -0.25) is 9.59 Å². The van der Waals surface area contributed by atoms with Crippen LogP contribution in [0.15, 0.2) is 34.1 Å². The van der Waals surface area contributed by atoms with Crippen LogP contribution < -0.4 is 0 Å². The van der Waals surface area contributed by atoms with E-state index in [1.165, 1.54) is 0 Å². The third-order valence-electron chi connectivity index (χ3n) is 3.05. The van der Waals surface area contributed by atoms with Gasteiger partial charge in [0.2, 0.25) is 11.6 Å². The van der Waals surface area contributed by atoms with Crippen molar-refractivity contribution >= 4 is 35.1 Å². The number of fused-ring (bicyclic) bond motifs is 1. The van der Waals surface area contributed by atoms with Crippen LogP contribution in [0, 0.1) is 22.7 Å². The molecule has 1 aliphatic carbocycles. The van der Waals surface area contributed by atoms with E-state index in [4.69, 9.17) is 10.5 Å². The molecule has 1 heterocycles. The molecule has 0 spiro atoms. The van der Waals surface area contributed by atoms with Crippen LogP contribution in [-0.4, -0.2) is 22.1 Å². The van der Waals surface area contributed by atoms with Crippen LogP contribution in [0.1, 0.15) is 20.7 Å². The lowest BCUT2D eigenvalue weighted by Crippen LogP contribution is -2.29. The third kappa shape index (κ3) is 1.77. The van der Waals surface area contributed by atoms with Crippen LogP contribution in [0.3, 0.4) is 0 Å². The van der Waals surface area contributed by atoms with Crippen molar-refractivity contribution in [1.29, 1.82) is 10.5 Å². The van der Waals surface area contributed by atoms with Gasteiger partial charge in [-0.25, -0.2) is 0 Å². The Bertz CT molecular complexity index is 692. The van der Waals surface area contributed by atoms with E-state index in [1.807, 2.05) is 12.1 Å². The summed E-state index contributed by atoms with van der Waals surface area (Å²) in [5, 5.41) is 16.9. The summed E-state index contributed by atoms with van der Waals surface area (Å²) in [6, 6.07) is 10.7. The fourth-order valence-electron chi connectivity index (χ4n) is 2.11. The largest absolute Gasteiger partial charge is 0.288 e. The smallest absolute Gasteiger partial charge is 0.201 e. The highest BCUT2D eigenvalue weighted by atomic mass is 32.2. The normalized spacial score (nSPS) is 24.5. The summed E-state index contributed by atoms with van der Waals surface area (Å²) in [5.41, 5.74) is 0.743. The number of hydrogen-bond donors (Lipinski definition) is 0. The van der Waals surface area contributed by atoms with Crippen molar-refractivity contribution in [2.75, 3.05) is 0 Å². The predicted molar refractivity (Wildman–Crippen MR) is 76.1 cm³/mol. The second-order valence-electron chi connectivity index (χ2n) is 4.20. The summed E-state index contributed by atoms with van der Waals surface area (Å²) in [5.74, 6) is -0.464. The van der Waals surface area contributed by atoms with Gasteiger partial charge in [-0.2, -0.15) is 10.5 Å². The number of nitriles is 2. The van der Waals surface area contributed by atoms with Crippen LogP contribution in [0.4, 0.5) is 0 Å². The number of carbonyl (C=O) groups excluding carboxylic acids is 2. The number of benzene rings is 1. The Labute approximate surface area is 123 Å². The Morgan fingerprint density at radius 1 is 0.850 bits per heavy atom. The number of carbonyl (C=O) groups is 2. The molecule has 96 valence electrons. The van der Waals surface area contributed by atoms with E-state index in [1.54, 1.807) is 24.3 Å². The number of thioether (sulfide) groups is 2. The standard InChI is InChI=1S/C14H6N2O2S2/c15-5-9-10(6-16)20-14-12(18)8-4-2-1-3-7(8)11(17)13(14)19-9/h1-4,9-10H/t9-,10+. The van der Waals surface area contributed by atoms with Crippen molar-refractivity contribution in [3.63, 3.8) is 0 Å². The van der Waals surface area contributed by atoms with Gasteiger partial charge in [-0.15, -0.1) is 0 Å². The van der Waals surface area contributed by atoms with Crippen LogP contribution in [0.2, 0.25) is 0 Å². The Balaban J connectivity index is 2.14. The van der Waals surface area contributed by atoms with Crippen LogP contribution in [0.5, 0.6) is 0 Å². The van der Waals surface area contributed by atoms with Crippen LogP contribution in [0.25, 0.3) is 0 Å². The maximum atomic E-state index is 12.4. The highest BCUT2D eigenvalue weighted by Gasteiger charge is 2.41. The Hall–Kier alpha value is -2.02. The maximum Gasteiger partial charge on any atom is 0.201 e. The van der Waals surface area contributed by atoms with E-state index >= 15 is 0 Å². The summed E-state index contributed by atoms with van der Waals surface area (Å²) >= 11 is 2.06. The molecule has 1 aromatic carbocycles. The van der Waals surface area contributed by atoms with Gasteiger partial charge in [0.15, 0.2) is 0 Å². The number of Topliss-reactive ketones (excluding diaryl/α,β-unsaturated/α-hetero) is 2. The average molecular weight is 298 g/mol. The van der Waals surface area contributed by atoms with Crippen molar-refractivity contribution in [1.82, 2.24) is 0 Å². The molecule has 0 bridgehead atoms. The topological polar surface area (TPSA) is 81.7 Å². The molecule has 0 unspecified atom stereocenters. The Morgan fingerprint density at radius 3 is 1.60 bits per heavy atom. The summed E-state index contributed by atoms with van der Waals surface area (Å²) in [4.78, 5) is 25.4. The van der Waals surface area contributed by atoms with Gasteiger partial charge in [0, 0.05) is 11.1 Å². The molecule has 2 aliphatic rings. The lowest BCUT2D eigenvalue weighted by molar-refractivity contribution is 0.0988. The van der Waals surface area contributed by atoms with E-state index in [2.05, 4.69) is 0 Å². The predicted octanol–water partition coefficient (Wildman–Crippen LogP) is 2.54. The van der Waals surface area contributed by atoms with Crippen molar-refractivity contribution in [2.24, 2.45) is 0 Å². The SMILES string of the molecule is N#C[C@@H]1SC2=C(S[C@@H]1C#N)C(=O)c1ccccc1C2=O. The van der Waals surface area contributed by atoms with E-state index in [0.717, 1.165) is 23.5 Å². The molecule has 0 amide bonds. The lowest BCUT2D eigenvalue weighted by atomic mass is 9.94. The molecular formula is C14H6N2O2S2. The monoisotopic (exact) mass is 298 g/mol. The fourth-order valence-corrected chi connectivity index (χ4v) is 4.55. The quantitative estimate of drug-likeness (QED) is 0.732. The van der Waals surface area contributed by atoms with Gasteiger partial charge in [-0.1, -0.05) is 47.8 Å². The van der Waals surface area contributed by atoms with E-state index in [9.17, 15) is 9.59 Å². The molecule has 0 saturated heterocycles. The minimum Gasteiger partial charge on any atom is -0.288 e. The molecule has 4 nitrogen and oxygen atoms in total. The summed E-state index contributed by atoms with van der Waals surface area (Å²) in [6.45, 7) is 0. The molecular weight excluding hydrogens is 292 g/mol. The highest BCUT2D eigenvalue weighted by molar-refractivity contribution is 8.12. The van der Waals surface area contributed by atoms with Crippen LogP contribution in [-0.2, 0) is 0 Å². The molecule has 0 saturated carbocycles. The van der Waals surface area contributed by atoms with E-state index in [-0.39, 0.29) is 11.6 Å². The molecule has 0 radical (unpaired) electrons. The van der Waals surface area contributed by atoms with Crippen molar-refractivity contribution in [3.05, 3.63) is 45.2 Å². The molecule has 0 fully saturated rings. The van der Waals surface area contributed by atoms with Crippen molar-refractivity contribution in [2.45, 2.75) is 10.5 Å². The summed E-state index contributed by atoms with van der Waals surface area (Å²) in [6.07, 6.45) is 0. The average Bonchev–Trinajstić information content (AvgIpc) is 2.51. The molecule has 1 aromatic rings. The number of hydrogen-bond acceptors (Lipinski definition) is 6. The van der Waals surface area contributed by atoms with E-state index in [0.29, 0.717) is 20.9 Å². The van der Waals surface area contributed by atoms with Gasteiger partial charge in [0.25, 0.3) is 0 Å². The van der Waals surface area contributed by atoms with Gasteiger partial charge < -0.3 is 0 Å². The van der Waals surface area contributed by atoms with Crippen molar-refractivity contribution in [3.8, 4) is 12.1 Å². The van der Waals surface area contributed by atoms with Crippen molar-refractivity contribution < 1.29 is 9.59 Å². The number of ketones is 2. The minimum atomic E-state index is -0.634. The molecule has 3 rings (SSSR count). The minimum absolute atomic E-state index is 0.232. The zero-order valence-electron chi connectivity index (χ0n) is 9.99. The first-order valence-corrected chi connectivity index (χ1v) is 7.48. The van der Waals surface area contributed by atoms with Gasteiger partial charge in [0.1, 0.15) is 10.5 Å². The molecule has 0 aromatic heterocycles. The first kappa shape index (κ1) is 13.0. The Kier molecular flexibility index (Phi) is 3.13. The lowest BCUT2D eigenvalue weighted by Gasteiger charge is -2.28. The molecule has 20 heavy (non-hydrogen) atoms. The summed E-state index contributed by atoms with van der Waals surface area (Å²) in [7, 11) is 0. The number of allylic oxidation sites excluding steroid dienone is 2. The maximum absolute atomic E-state index is 12.4. The molecule has 2 atom stereocenters. The Morgan fingerprint density at radius 2 is 1.25 bits per heavy atom. The van der Waals surface area contributed by atoms with Crippen LogP contribution >= 0.6 is 23.5 Å². The first-order chi connectivity index (χ1) is 9.67.